The van der Waals surface area contributed by atoms with Crippen LogP contribution in [-0.2, 0) is 5.33 Å². The summed E-state index contributed by atoms with van der Waals surface area (Å²) >= 11 is 6.39. The maximum atomic E-state index is 13.7. The van der Waals surface area contributed by atoms with E-state index in [2.05, 4.69) is 31.9 Å². The lowest BCUT2D eigenvalue weighted by Gasteiger charge is -2.08. The fourth-order valence-electron chi connectivity index (χ4n) is 1.42. The van der Waals surface area contributed by atoms with Crippen molar-refractivity contribution in [2.45, 2.75) is 5.33 Å². The minimum absolute atomic E-state index is 0.0669. The van der Waals surface area contributed by atoms with Crippen LogP contribution in [0.4, 0.5) is 8.78 Å². The second-order valence-corrected chi connectivity index (χ2v) is 5.08. The monoisotopic (exact) mass is 376 g/mol. The number of halogens is 4. The van der Waals surface area contributed by atoms with Crippen molar-refractivity contribution in [2.24, 2.45) is 0 Å². The summed E-state index contributed by atoms with van der Waals surface area (Å²) in [6, 6.07) is 8.70. The molecule has 2 aromatic rings. The predicted octanol–water partition coefficient (Wildman–Crippen LogP) is 5.41. The van der Waals surface area contributed by atoms with Crippen LogP contribution in [0.25, 0.3) is 0 Å². The lowest BCUT2D eigenvalue weighted by Crippen LogP contribution is -1.91. The zero-order chi connectivity index (χ0) is 13.1. The summed E-state index contributed by atoms with van der Waals surface area (Å²) in [5.41, 5.74) is 0.806. The van der Waals surface area contributed by atoms with Crippen LogP contribution in [-0.4, -0.2) is 0 Å². The second kappa shape index (κ2) is 5.80. The number of hydrogen-bond donors (Lipinski definition) is 0. The molecule has 18 heavy (non-hydrogen) atoms. The molecular weight excluding hydrogens is 370 g/mol. The third-order valence-electron chi connectivity index (χ3n) is 2.21. The molecule has 0 spiro atoms. The standard InChI is InChI=1S/C13H8Br2F2O/c14-7-8-1-2-13(12(17)3-8)18-11-5-9(15)4-10(16)6-11/h1-6H,7H2. The third-order valence-corrected chi connectivity index (χ3v) is 3.32. The second-order valence-electron chi connectivity index (χ2n) is 3.61. The van der Waals surface area contributed by atoms with E-state index in [9.17, 15) is 8.78 Å². The van der Waals surface area contributed by atoms with Crippen LogP contribution in [0.1, 0.15) is 5.56 Å². The van der Waals surface area contributed by atoms with Crippen LogP contribution in [0.5, 0.6) is 11.5 Å². The van der Waals surface area contributed by atoms with Gasteiger partial charge in [-0.15, -0.1) is 0 Å². The van der Waals surface area contributed by atoms with E-state index in [0.29, 0.717) is 9.80 Å². The minimum Gasteiger partial charge on any atom is -0.454 e. The van der Waals surface area contributed by atoms with Crippen LogP contribution in [0.15, 0.2) is 40.9 Å². The Labute approximate surface area is 120 Å². The van der Waals surface area contributed by atoms with Gasteiger partial charge in [0.2, 0.25) is 0 Å². The van der Waals surface area contributed by atoms with E-state index in [1.54, 1.807) is 12.1 Å². The molecular formula is C13H8Br2F2O. The molecule has 0 atom stereocenters. The van der Waals surface area contributed by atoms with Crippen molar-refractivity contribution < 1.29 is 13.5 Å². The van der Waals surface area contributed by atoms with Gasteiger partial charge >= 0.3 is 0 Å². The van der Waals surface area contributed by atoms with Gasteiger partial charge in [0.05, 0.1) is 0 Å². The van der Waals surface area contributed by atoms with Crippen molar-refractivity contribution in [3.05, 3.63) is 58.1 Å². The van der Waals surface area contributed by atoms with E-state index in [1.165, 1.54) is 24.3 Å². The molecule has 2 rings (SSSR count). The van der Waals surface area contributed by atoms with E-state index >= 15 is 0 Å². The number of ether oxygens (including phenoxy) is 1. The Hall–Kier alpha value is -0.940. The smallest absolute Gasteiger partial charge is 0.166 e. The molecule has 0 fully saturated rings. The molecule has 2 aromatic carbocycles. The van der Waals surface area contributed by atoms with Crippen molar-refractivity contribution in [1.29, 1.82) is 0 Å². The van der Waals surface area contributed by atoms with Gasteiger partial charge in [-0.25, -0.2) is 8.78 Å². The van der Waals surface area contributed by atoms with Gasteiger partial charge in [0.1, 0.15) is 11.6 Å². The van der Waals surface area contributed by atoms with Crippen molar-refractivity contribution in [1.82, 2.24) is 0 Å². The molecule has 0 unspecified atom stereocenters. The van der Waals surface area contributed by atoms with Gasteiger partial charge in [-0.3, -0.25) is 0 Å². The summed E-state index contributed by atoms with van der Waals surface area (Å²) in [6.07, 6.45) is 0. The SMILES string of the molecule is Fc1cc(Br)cc(Oc2ccc(CBr)cc2F)c1. The maximum Gasteiger partial charge on any atom is 0.166 e. The lowest BCUT2D eigenvalue weighted by atomic mass is 10.2. The third kappa shape index (κ3) is 3.29. The van der Waals surface area contributed by atoms with Crippen molar-refractivity contribution >= 4 is 31.9 Å². The molecule has 0 heterocycles. The van der Waals surface area contributed by atoms with Crippen molar-refractivity contribution in [2.75, 3.05) is 0 Å². The van der Waals surface area contributed by atoms with Crippen molar-refractivity contribution in [3.63, 3.8) is 0 Å². The molecule has 0 bridgehead atoms. The first kappa shape index (κ1) is 13.5. The fraction of sp³-hybridized carbons (Fsp3) is 0.0769. The van der Waals surface area contributed by atoms with E-state index in [0.717, 1.165) is 5.56 Å². The Kier molecular flexibility index (Phi) is 4.35. The number of alkyl halides is 1. The average molecular weight is 378 g/mol. The van der Waals surface area contributed by atoms with Crippen LogP contribution in [0.3, 0.4) is 0 Å². The molecule has 94 valence electrons. The number of benzene rings is 2. The maximum absolute atomic E-state index is 13.7. The largest absolute Gasteiger partial charge is 0.454 e. The molecule has 5 heteroatoms. The predicted molar refractivity (Wildman–Crippen MR) is 73.2 cm³/mol. The number of rotatable bonds is 3. The van der Waals surface area contributed by atoms with Gasteiger partial charge in [0.25, 0.3) is 0 Å². The van der Waals surface area contributed by atoms with Gasteiger partial charge in [-0.1, -0.05) is 37.9 Å². The van der Waals surface area contributed by atoms with Crippen molar-refractivity contribution in [3.8, 4) is 11.5 Å². The highest BCUT2D eigenvalue weighted by Gasteiger charge is 2.07. The zero-order valence-electron chi connectivity index (χ0n) is 9.09. The van der Waals surface area contributed by atoms with Crippen LogP contribution in [0.2, 0.25) is 0 Å². The summed E-state index contributed by atoms with van der Waals surface area (Å²) < 4.78 is 32.7. The molecule has 0 saturated heterocycles. The highest BCUT2D eigenvalue weighted by atomic mass is 79.9. The van der Waals surface area contributed by atoms with E-state index in [-0.39, 0.29) is 11.5 Å². The summed E-state index contributed by atoms with van der Waals surface area (Å²) in [7, 11) is 0. The van der Waals surface area contributed by atoms with Crippen LogP contribution in [0, 0.1) is 11.6 Å². The molecule has 0 aliphatic carbocycles. The van der Waals surface area contributed by atoms with E-state index in [4.69, 9.17) is 4.74 Å². The zero-order valence-corrected chi connectivity index (χ0v) is 12.3. The molecule has 0 aliphatic heterocycles. The van der Waals surface area contributed by atoms with Gasteiger partial charge in [0, 0.05) is 15.9 Å². The van der Waals surface area contributed by atoms with Crippen LogP contribution < -0.4 is 4.74 Å². The van der Waals surface area contributed by atoms with Gasteiger partial charge < -0.3 is 4.74 Å². The Morgan fingerprint density at radius 1 is 1.06 bits per heavy atom. The topological polar surface area (TPSA) is 9.23 Å². The summed E-state index contributed by atoms with van der Waals surface area (Å²) in [4.78, 5) is 0. The Morgan fingerprint density at radius 3 is 2.44 bits per heavy atom. The first-order valence-corrected chi connectivity index (χ1v) is 6.98. The highest BCUT2D eigenvalue weighted by Crippen LogP contribution is 2.28. The highest BCUT2D eigenvalue weighted by molar-refractivity contribution is 9.10. The lowest BCUT2D eigenvalue weighted by molar-refractivity contribution is 0.438. The molecule has 0 saturated carbocycles. The average Bonchev–Trinajstić information content (AvgIpc) is 2.30. The minimum atomic E-state index is -0.479. The normalized spacial score (nSPS) is 10.4. The van der Waals surface area contributed by atoms with Gasteiger partial charge in [0.15, 0.2) is 11.6 Å². The molecule has 0 aliphatic rings. The van der Waals surface area contributed by atoms with Gasteiger partial charge in [-0.2, -0.15) is 0 Å². The molecule has 0 amide bonds. The number of hydrogen-bond acceptors (Lipinski definition) is 1. The Bertz CT molecular complexity index is 553. The fourth-order valence-corrected chi connectivity index (χ4v) is 2.22. The van der Waals surface area contributed by atoms with E-state index in [1.807, 2.05) is 0 Å². The van der Waals surface area contributed by atoms with Gasteiger partial charge in [-0.05, 0) is 29.8 Å². The molecule has 1 nitrogen and oxygen atoms in total. The quantitative estimate of drug-likeness (QED) is 0.649. The first-order chi connectivity index (χ1) is 8.58. The Balaban J connectivity index is 2.28. The summed E-state index contributed by atoms with van der Waals surface area (Å²) in [6.45, 7) is 0. The Morgan fingerprint density at radius 2 is 1.83 bits per heavy atom. The summed E-state index contributed by atoms with van der Waals surface area (Å²) in [5, 5.41) is 0.565. The summed E-state index contributed by atoms with van der Waals surface area (Å²) in [5.74, 6) is -0.617. The van der Waals surface area contributed by atoms with Crippen LogP contribution >= 0.6 is 31.9 Å². The molecule has 0 aromatic heterocycles. The molecule has 0 N–H and O–H groups in total. The molecule has 0 radical (unpaired) electrons. The van der Waals surface area contributed by atoms with E-state index < -0.39 is 11.6 Å². The first-order valence-electron chi connectivity index (χ1n) is 5.07.